The van der Waals surface area contributed by atoms with Crippen LogP contribution in [0.1, 0.15) is 194 Å². The zero-order valence-corrected chi connectivity index (χ0v) is 38.1. The van der Waals surface area contributed by atoms with Gasteiger partial charge in [-0.25, -0.2) is 9.13 Å². The lowest BCUT2D eigenvalue weighted by Gasteiger charge is -2.20. The van der Waals surface area contributed by atoms with Gasteiger partial charge in [0.1, 0.15) is 12.7 Å². The lowest BCUT2D eigenvalue weighted by molar-refractivity contribution is -0.161. The Hall–Kier alpha value is -1.22. The minimum absolute atomic E-state index is 0.1000. The molecule has 0 rings (SSSR count). The van der Waals surface area contributed by atoms with Crippen molar-refractivity contribution in [1.82, 2.24) is 0 Å². The van der Waals surface area contributed by atoms with E-state index in [4.69, 9.17) is 23.8 Å². The number of aliphatic hydroxyl groups excluding tert-OH is 3. The summed E-state index contributed by atoms with van der Waals surface area (Å²) in [6.45, 7) is 1.55. The topological polar surface area (TPSA) is 236 Å². The number of ether oxygens (including phenoxy) is 2. The van der Waals surface area contributed by atoms with Gasteiger partial charge in [0.05, 0.1) is 32.0 Å². The Morgan fingerprint density at radius 2 is 0.983 bits per heavy atom. The highest BCUT2D eigenvalue weighted by atomic mass is 31.2. The van der Waals surface area contributed by atoms with Crippen LogP contribution in [0.5, 0.6) is 0 Å². The van der Waals surface area contributed by atoms with Crippen molar-refractivity contribution in [2.75, 3.05) is 26.4 Å². The largest absolute Gasteiger partial charge is 0.472 e. The fourth-order valence-electron chi connectivity index (χ4n) is 6.25. The van der Waals surface area contributed by atoms with Crippen LogP contribution in [-0.4, -0.2) is 92.8 Å². The summed E-state index contributed by atoms with van der Waals surface area (Å²) in [5.41, 5.74) is 0. The smallest absolute Gasteiger partial charge is 0.462 e. The molecule has 6 N–H and O–H groups in total. The second kappa shape index (κ2) is 38.5. The molecule has 0 heterocycles. The molecule has 0 bridgehead atoms. The van der Waals surface area contributed by atoms with Crippen LogP contribution < -0.4 is 0 Å². The minimum Gasteiger partial charge on any atom is -0.462 e. The Labute approximate surface area is 355 Å². The molecule has 0 aliphatic rings. The summed E-state index contributed by atoms with van der Waals surface area (Å²) in [5.74, 6) is -1.13. The fraction of sp³-hybridized carbons (Fsp3) is 0.905. The number of phosphoric acid groups is 2. The van der Waals surface area contributed by atoms with Gasteiger partial charge in [-0.2, -0.15) is 0 Å². The normalized spacial score (nSPS) is 15.2. The Bertz CT molecular complexity index is 1140. The molecule has 0 aliphatic carbocycles. The van der Waals surface area contributed by atoms with Gasteiger partial charge in [0, 0.05) is 12.8 Å². The van der Waals surface area contributed by atoms with Crippen molar-refractivity contribution in [2.24, 2.45) is 0 Å². The zero-order chi connectivity index (χ0) is 44.0. The summed E-state index contributed by atoms with van der Waals surface area (Å²) < 4.78 is 47.7. The Morgan fingerprint density at radius 3 is 1.53 bits per heavy atom. The second-order valence-electron chi connectivity index (χ2n) is 15.6. The quantitative estimate of drug-likeness (QED) is 0.0145. The van der Waals surface area contributed by atoms with Crippen LogP contribution in [0.25, 0.3) is 0 Å². The van der Waals surface area contributed by atoms with Crippen molar-refractivity contribution < 1.29 is 71.8 Å². The number of carbonyl (C=O) groups excluding carboxylic acids is 2. The van der Waals surface area contributed by atoms with Crippen LogP contribution in [0.2, 0.25) is 0 Å². The number of phosphoric ester groups is 2. The molecule has 5 atom stereocenters. The number of unbranched alkanes of at least 4 members (excludes halogenated alkanes) is 21. The molecule has 0 aliphatic heterocycles. The lowest BCUT2D eigenvalue weighted by Crippen LogP contribution is -2.30. The first-order valence-corrected chi connectivity index (χ1v) is 25.6. The summed E-state index contributed by atoms with van der Waals surface area (Å²) in [5, 5.41) is 30.2. The molecule has 0 saturated carbocycles. The predicted octanol–water partition coefficient (Wildman–Crippen LogP) is 9.29. The standard InChI is InChI=1S/C42H82O15P2/c1-3-5-7-9-11-12-13-14-15-16-17-18-19-23-28-32-42(47)57-38(36-56-59(51,52)55-34-37(43)33-54-58(48,49)50)35-53-41(46)31-27-24-20-22-26-30-40(45)39(44)29-25-21-10-8-6-4-2/h21,25,37-40,43-45H,3-20,22-24,26-36H2,1-2H3,(H,51,52)(H2,48,49,50)/b25-21-/t37-,38+,39+,40+/m0/s1. The molecule has 0 fully saturated rings. The van der Waals surface area contributed by atoms with Crippen LogP contribution in [0.4, 0.5) is 0 Å². The van der Waals surface area contributed by atoms with Gasteiger partial charge < -0.3 is 39.5 Å². The van der Waals surface area contributed by atoms with Crippen LogP contribution >= 0.6 is 15.6 Å². The van der Waals surface area contributed by atoms with Gasteiger partial charge in [-0.05, 0) is 38.5 Å². The number of rotatable bonds is 43. The summed E-state index contributed by atoms with van der Waals surface area (Å²) in [7, 11) is -9.71. The molecule has 350 valence electrons. The van der Waals surface area contributed by atoms with Gasteiger partial charge in [0.15, 0.2) is 6.10 Å². The molecule has 1 unspecified atom stereocenters. The van der Waals surface area contributed by atoms with Crippen molar-refractivity contribution in [3.63, 3.8) is 0 Å². The van der Waals surface area contributed by atoms with Crippen molar-refractivity contribution in [1.29, 1.82) is 0 Å². The highest BCUT2D eigenvalue weighted by Crippen LogP contribution is 2.43. The third kappa shape index (κ3) is 40.6. The van der Waals surface area contributed by atoms with E-state index in [1.807, 2.05) is 6.08 Å². The maximum absolute atomic E-state index is 12.7. The molecule has 17 heteroatoms. The molecule has 0 aromatic rings. The van der Waals surface area contributed by atoms with Crippen LogP contribution in [0.15, 0.2) is 12.2 Å². The predicted molar refractivity (Wildman–Crippen MR) is 228 cm³/mol. The molecule has 15 nitrogen and oxygen atoms in total. The van der Waals surface area contributed by atoms with E-state index >= 15 is 0 Å². The van der Waals surface area contributed by atoms with Crippen LogP contribution in [-0.2, 0) is 41.8 Å². The third-order valence-electron chi connectivity index (χ3n) is 9.85. The molecule has 0 aromatic carbocycles. The maximum Gasteiger partial charge on any atom is 0.472 e. The van der Waals surface area contributed by atoms with Gasteiger partial charge >= 0.3 is 27.6 Å². The van der Waals surface area contributed by atoms with Gasteiger partial charge in [-0.3, -0.25) is 23.2 Å². The molecular weight excluding hydrogens is 806 g/mol. The number of carbonyl (C=O) groups is 2. The molecule has 0 saturated heterocycles. The maximum atomic E-state index is 12.7. The minimum atomic E-state index is -4.88. The second-order valence-corrected chi connectivity index (χ2v) is 18.3. The van der Waals surface area contributed by atoms with Crippen LogP contribution in [0, 0.1) is 0 Å². The number of aliphatic hydroxyl groups is 3. The molecule has 59 heavy (non-hydrogen) atoms. The van der Waals surface area contributed by atoms with Crippen molar-refractivity contribution in [3.05, 3.63) is 12.2 Å². The first kappa shape index (κ1) is 57.8. The number of hydrogen-bond donors (Lipinski definition) is 6. The fourth-order valence-corrected chi connectivity index (χ4v) is 7.41. The molecule has 0 radical (unpaired) electrons. The molecular formula is C42H82O15P2. The van der Waals surface area contributed by atoms with Crippen molar-refractivity contribution >= 4 is 27.6 Å². The Morgan fingerprint density at radius 1 is 0.525 bits per heavy atom. The summed E-state index contributed by atoms with van der Waals surface area (Å²) in [6, 6.07) is 0. The Kier molecular flexibility index (Phi) is 37.7. The Balaban J connectivity index is 4.59. The average Bonchev–Trinajstić information content (AvgIpc) is 3.19. The summed E-state index contributed by atoms with van der Waals surface area (Å²) in [6.07, 6.45) is 26.5. The SMILES string of the molecule is CCCCC/C=C\C[C@@H](O)[C@H](O)CCCCCCCC(=O)OC[C@H](COP(=O)(O)OC[C@@H](O)COP(=O)(O)O)OC(=O)CCCCCCCCCCCCCCCCC. The van der Waals surface area contributed by atoms with Gasteiger partial charge in [0.25, 0.3) is 0 Å². The monoisotopic (exact) mass is 889 g/mol. The van der Waals surface area contributed by atoms with E-state index in [-0.39, 0.29) is 12.8 Å². The third-order valence-corrected chi connectivity index (χ3v) is 11.3. The van der Waals surface area contributed by atoms with E-state index < -0.39 is 78.4 Å². The lowest BCUT2D eigenvalue weighted by atomic mass is 10.0. The van der Waals surface area contributed by atoms with E-state index in [1.54, 1.807) is 0 Å². The summed E-state index contributed by atoms with van der Waals surface area (Å²) in [4.78, 5) is 52.7. The number of hydrogen-bond acceptors (Lipinski definition) is 12. The van der Waals surface area contributed by atoms with Crippen molar-refractivity contribution in [2.45, 2.75) is 218 Å². The summed E-state index contributed by atoms with van der Waals surface area (Å²) >= 11 is 0. The average molecular weight is 889 g/mol. The van der Waals surface area contributed by atoms with E-state index in [2.05, 4.69) is 29.0 Å². The van der Waals surface area contributed by atoms with E-state index in [0.717, 1.165) is 70.6 Å². The zero-order valence-electron chi connectivity index (χ0n) is 36.3. The van der Waals surface area contributed by atoms with Gasteiger partial charge in [0.2, 0.25) is 0 Å². The number of esters is 2. The van der Waals surface area contributed by atoms with Crippen LogP contribution in [0.3, 0.4) is 0 Å². The first-order valence-electron chi connectivity index (χ1n) is 22.5. The number of allylic oxidation sites excluding steroid dienone is 1. The highest BCUT2D eigenvalue weighted by Gasteiger charge is 2.28. The van der Waals surface area contributed by atoms with E-state index in [9.17, 15) is 38.9 Å². The van der Waals surface area contributed by atoms with Gasteiger partial charge in [-0.15, -0.1) is 0 Å². The van der Waals surface area contributed by atoms with Gasteiger partial charge in [-0.1, -0.05) is 154 Å². The van der Waals surface area contributed by atoms with Crippen molar-refractivity contribution in [3.8, 4) is 0 Å². The highest BCUT2D eigenvalue weighted by molar-refractivity contribution is 7.47. The molecule has 0 spiro atoms. The molecule has 0 aromatic heterocycles. The van der Waals surface area contributed by atoms with E-state index in [1.165, 1.54) is 70.6 Å². The first-order chi connectivity index (χ1) is 28.2. The molecule has 0 amide bonds. The van der Waals surface area contributed by atoms with E-state index in [0.29, 0.717) is 25.7 Å².